The van der Waals surface area contributed by atoms with Crippen LogP contribution < -0.4 is 5.32 Å². The highest BCUT2D eigenvalue weighted by Gasteiger charge is 2.23. The number of halogens is 1. The van der Waals surface area contributed by atoms with E-state index in [1.807, 2.05) is 6.07 Å². The summed E-state index contributed by atoms with van der Waals surface area (Å²) < 4.78 is 0. The minimum absolute atomic E-state index is 0. The van der Waals surface area contributed by atoms with Crippen LogP contribution in [0.2, 0.25) is 0 Å². The van der Waals surface area contributed by atoms with Crippen molar-refractivity contribution in [2.24, 2.45) is 0 Å². The maximum atomic E-state index is 11.3. The molecule has 1 aromatic rings. The molecule has 1 heterocycles. The average Bonchev–Trinajstić information content (AvgIpc) is 2.90. The van der Waals surface area contributed by atoms with Crippen molar-refractivity contribution < 1.29 is 4.79 Å². The molecule has 1 saturated carbocycles. The van der Waals surface area contributed by atoms with Crippen LogP contribution in [0.4, 0.5) is 0 Å². The first-order chi connectivity index (χ1) is 5.86. The molecule has 0 bridgehead atoms. The van der Waals surface area contributed by atoms with Gasteiger partial charge in [-0.25, -0.2) is 0 Å². The standard InChI is InChI=1S/C9H10N2O.ClH/c12-9(11-7-4-5-7)8-3-1-2-6-10-8;/h1-3,6-7H,4-5H2,(H,11,12);1H. The third-order valence-corrected chi connectivity index (χ3v) is 1.81. The molecule has 13 heavy (non-hydrogen) atoms. The zero-order valence-electron chi connectivity index (χ0n) is 7.06. The summed E-state index contributed by atoms with van der Waals surface area (Å²) >= 11 is 0. The molecule has 1 aliphatic carbocycles. The van der Waals surface area contributed by atoms with Crippen LogP contribution >= 0.6 is 12.4 Å². The van der Waals surface area contributed by atoms with E-state index in [0.29, 0.717) is 11.7 Å². The minimum Gasteiger partial charge on any atom is -0.348 e. The fourth-order valence-corrected chi connectivity index (χ4v) is 0.984. The van der Waals surface area contributed by atoms with Gasteiger partial charge >= 0.3 is 0 Å². The Kier molecular flexibility index (Phi) is 3.25. The van der Waals surface area contributed by atoms with Gasteiger partial charge < -0.3 is 5.32 Å². The third kappa shape index (κ3) is 2.70. The molecule has 70 valence electrons. The Bertz CT molecular complexity index is 285. The fraction of sp³-hybridized carbons (Fsp3) is 0.333. The van der Waals surface area contributed by atoms with Crippen LogP contribution in [0.15, 0.2) is 24.4 Å². The largest absolute Gasteiger partial charge is 0.348 e. The zero-order chi connectivity index (χ0) is 8.39. The molecule has 0 saturated heterocycles. The molecule has 0 spiro atoms. The second-order valence-corrected chi connectivity index (χ2v) is 2.96. The zero-order valence-corrected chi connectivity index (χ0v) is 7.88. The lowest BCUT2D eigenvalue weighted by Crippen LogP contribution is -2.26. The molecule has 0 aliphatic heterocycles. The Hall–Kier alpha value is -1.09. The number of carbonyl (C=O) groups is 1. The number of nitrogens with one attached hydrogen (secondary N) is 1. The molecule has 1 aromatic heterocycles. The molecule has 0 unspecified atom stereocenters. The Morgan fingerprint density at radius 3 is 2.77 bits per heavy atom. The molecule has 1 fully saturated rings. The van der Waals surface area contributed by atoms with Crippen LogP contribution in [0.3, 0.4) is 0 Å². The summed E-state index contributed by atoms with van der Waals surface area (Å²) in [4.78, 5) is 15.3. The second-order valence-electron chi connectivity index (χ2n) is 2.96. The van der Waals surface area contributed by atoms with Crippen molar-refractivity contribution in [1.29, 1.82) is 0 Å². The van der Waals surface area contributed by atoms with Crippen molar-refractivity contribution in [1.82, 2.24) is 10.3 Å². The highest BCUT2D eigenvalue weighted by molar-refractivity contribution is 5.92. The van der Waals surface area contributed by atoms with E-state index in [1.165, 1.54) is 0 Å². The topological polar surface area (TPSA) is 42.0 Å². The lowest BCUT2D eigenvalue weighted by molar-refractivity contribution is 0.0946. The third-order valence-electron chi connectivity index (χ3n) is 1.81. The van der Waals surface area contributed by atoms with Crippen molar-refractivity contribution in [3.63, 3.8) is 0 Å². The highest BCUT2D eigenvalue weighted by atomic mass is 35.5. The van der Waals surface area contributed by atoms with Gasteiger partial charge in [0.05, 0.1) is 0 Å². The molecule has 4 heteroatoms. The van der Waals surface area contributed by atoms with Crippen LogP contribution in [0.1, 0.15) is 23.3 Å². The SMILES string of the molecule is Cl.O=C(NC1CC1)c1ccccn1. The monoisotopic (exact) mass is 198 g/mol. The predicted octanol–water partition coefficient (Wildman–Crippen LogP) is 1.40. The first kappa shape index (κ1) is 9.99. The lowest BCUT2D eigenvalue weighted by Gasteiger charge is -2.00. The molecule has 0 atom stereocenters. The summed E-state index contributed by atoms with van der Waals surface area (Å²) in [5.74, 6) is -0.0573. The number of hydrogen-bond donors (Lipinski definition) is 1. The van der Waals surface area contributed by atoms with E-state index in [2.05, 4.69) is 10.3 Å². The highest BCUT2D eigenvalue weighted by Crippen LogP contribution is 2.18. The summed E-state index contributed by atoms with van der Waals surface area (Å²) in [6, 6.07) is 5.74. The van der Waals surface area contributed by atoms with Crippen molar-refractivity contribution in [2.75, 3.05) is 0 Å². The first-order valence-corrected chi connectivity index (χ1v) is 4.08. The van der Waals surface area contributed by atoms with Gasteiger partial charge in [-0.15, -0.1) is 12.4 Å². The summed E-state index contributed by atoms with van der Waals surface area (Å²) in [5.41, 5.74) is 0.504. The van der Waals surface area contributed by atoms with Gasteiger partial charge in [-0.2, -0.15) is 0 Å². The van der Waals surface area contributed by atoms with Gasteiger partial charge in [-0.05, 0) is 25.0 Å². The quantitative estimate of drug-likeness (QED) is 0.781. The summed E-state index contributed by atoms with van der Waals surface area (Å²) in [5, 5.41) is 2.87. The van der Waals surface area contributed by atoms with Gasteiger partial charge in [-0.3, -0.25) is 9.78 Å². The van der Waals surface area contributed by atoms with Crippen molar-refractivity contribution in [3.05, 3.63) is 30.1 Å². The number of amides is 1. The van der Waals surface area contributed by atoms with E-state index in [-0.39, 0.29) is 18.3 Å². The van der Waals surface area contributed by atoms with E-state index in [0.717, 1.165) is 12.8 Å². The fourth-order valence-electron chi connectivity index (χ4n) is 0.984. The molecule has 1 amide bonds. The first-order valence-electron chi connectivity index (χ1n) is 4.08. The predicted molar refractivity (Wildman–Crippen MR) is 52.0 cm³/mol. The summed E-state index contributed by atoms with van der Waals surface area (Å²) in [6.45, 7) is 0. The molecule has 2 rings (SSSR count). The molecular weight excluding hydrogens is 188 g/mol. The van der Waals surface area contributed by atoms with E-state index in [1.54, 1.807) is 18.3 Å². The average molecular weight is 199 g/mol. The maximum absolute atomic E-state index is 11.3. The van der Waals surface area contributed by atoms with E-state index < -0.39 is 0 Å². The van der Waals surface area contributed by atoms with Gasteiger partial charge in [0, 0.05) is 12.2 Å². The van der Waals surface area contributed by atoms with Crippen LogP contribution in [-0.4, -0.2) is 16.9 Å². The molecule has 0 aromatic carbocycles. The van der Waals surface area contributed by atoms with Gasteiger partial charge in [0.1, 0.15) is 5.69 Å². The number of hydrogen-bond acceptors (Lipinski definition) is 2. The van der Waals surface area contributed by atoms with Gasteiger partial charge in [0.2, 0.25) is 0 Å². The number of aromatic nitrogens is 1. The molecule has 1 N–H and O–H groups in total. The number of pyridine rings is 1. The molecule has 3 nitrogen and oxygen atoms in total. The van der Waals surface area contributed by atoms with Gasteiger partial charge in [0.15, 0.2) is 0 Å². The van der Waals surface area contributed by atoms with Crippen molar-refractivity contribution in [2.45, 2.75) is 18.9 Å². The van der Waals surface area contributed by atoms with E-state index >= 15 is 0 Å². The Morgan fingerprint density at radius 1 is 1.46 bits per heavy atom. The Labute approximate surface area is 83.0 Å². The maximum Gasteiger partial charge on any atom is 0.270 e. The van der Waals surface area contributed by atoms with Crippen LogP contribution in [0, 0.1) is 0 Å². The number of carbonyl (C=O) groups excluding carboxylic acids is 1. The summed E-state index contributed by atoms with van der Waals surface area (Å²) in [7, 11) is 0. The number of nitrogens with zero attached hydrogens (tertiary/aromatic N) is 1. The van der Waals surface area contributed by atoms with Crippen molar-refractivity contribution >= 4 is 18.3 Å². The smallest absolute Gasteiger partial charge is 0.270 e. The summed E-state index contributed by atoms with van der Waals surface area (Å²) in [6.07, 6.45) is 3.85. The normalized spacial score (nSPS) is 14.5. The molecular formula is C9H11ClN2O. The second kappa shape index (κ2) is 4.23. The van der Waals surface area contributed by atoms with E-state index in [9.17, 15) is 4.79 Å². The number of rotatable bonds is 2. The lowest BCUT2D eigenvalue weighted by atomic mass is 10.3. The molecule has 0 radical (unpaired) electrons. The van der Waals surface area contributed by atoms with Crippen LogP contribution in [-0.2, 0) is 0 Å². The molecule has 1 aliphatic rings. The Balaban J connectivity index is 0.000000845. The van der Waals surface area contributed by atoms with E-state index in [4.69, 9.17) is 0 Å². The van der Waals surface area contributed by atoms with Gasteiger partial charge in [0.25, 0.3) is 5.91 Å². The van der Waals surface area contributed by atoms with Gasteiger partial charge in [-0.1, -0.05) is 6.07 Å². The van der Waals surface area contributed by atoms with Crippen LogP contribution in [0.5, 0.6) is 0 Å². The Morgan fingerprint density at radius 2 is 2.23 bits per heavy atom. The van der Waals surface area contributed by atoms with Crippen molar-refractivity contribution in [3.8, 4) is 0 Å². The minimum atomic E-state index is -0.0573. The van der Waals surface area contributed by atoms with Crippen LogP contribution in [0.25, 0.3) is 0 Å².